The van der Waals surface area contributed by atoms with Crippen LogP contribution in [0.15, 0.2) is 0 Å². The van der Waals surface area contributed by atoms with Gasteiger partial charge in [0.15, 0.2) is 5.78 Å². The first-order chi connectivity index (χ1) is 9.13. The highest BCUT2D eigenvalue weighted by atomic mass is 32.2. The number of hydrogen-bond acceptors (Lipinski definition) is 3. The zero-order chi connectivity index (χ0) is 17.1. The van der Waals surface area contributed by atoms with Crippen molar-refractivity contribution in [1.82, 2.24) is 0 Å². The molecule has 2 nitrogen and oxygen atoms in total. The lowest BCUT2D eigenvalue weighted by atomic mass is 9.82. The average Bonchev–Trinajstić information content (AvgIpc) is 2.24. The van der Waals surface area contributed by atoms with Gasteiger partial charge in [0.2, 0.25) is 0 Å². The van der Waals surface area contributed by atoms with E-state index in [2.05, 4.69) is 34.6 Å². The summed E-state index contributed by atoms with van der Waals surface area (Å²) in [6, 6.07) is 0. The third-order valence-corrected chi connectivity index (χ3v) is 5.40. The quantitative estimate of drug-likeness (QED) is 0.592. The molecule has 0 radical (unpaired) electrons. The number of carbonyl (C=O) groups excluding carboxylic acids is 1. The molecule has 0 fully saturated rings. The van der Waals surface area contributed by atoms with Crippen LogP contribution in [0.2, 0.25) is 0 Å². The Labute approximate surface area is 136 Å². The van der Waals surface area contributed by atoms with E-state index in [0.717, 1.165) is 12.8 Å². The molecule has 0 bridgehead atoms. The van der Waals surface area contributed by atoms with Gasteiger partial charge in [0.1, 0.15) is 5.60 Å². The summed E-state index contributed by atoms with van der Waals surface area (Å²) in [5.41, 5.74) is -1.07. The fourth-order valence-electron chi connectivity index (χ4n) is 2.39. The van der Waals surface area contributed by atoms with Gasteiger partial charge in [0, 0.05) is 21.5 Å². The first kappa shape index (κ1) is 21.0. The van der Waals surface area contributed by atoms with E-state index in [1.54, 1.807) is 0 Å². The van der Waals surface area contributed by atoms with Crippen molar-refractivity contribution in [2.24, 2.45) is 5.41 Å². The molecule has 0 saturated heterocycles. The minimum Gasteiger partial charge on any atom is -0.368 e. The van der Waals surface area contributed by atoms with E-state index in [1.165, 1.54) is 0 Å². The SMILES string of the molecule is CCC(C)(C)SC(C)(C)CCOC(C)(C)C(=O)C(C)(C)C. The lowest BCUT2D eigenvalue weighted by molar-refractivity contribution is -0.148. The fourth-order valence-corrected chi connectivity index (χ4v) is 4.22. The third kappa shape index (κ3) is 7.69. The largest absolute Gasteiger partial charge is 0.368 e. The second-order valence-corrected chi connectivity index (χ2v) is 11.1. The summed E-state index contributed by atoms with van der Waals surface area (Å²) in [6.45, 7) is 21.6. The van der Waals surface area contributed by atoms with E-state index in [1.807, 2.05) is 46.4 Å². The summed E-state index contributed by atoms with van der Waals surface area (Å²) in [7, 11) is 0. The van der Waals surface area contributed by atoms with E-state index < -0.39 is 5.60 Å². The first-order valence-corrected chi connectivity index (χ1v) is 8.84. The highest BCUT2D eigenvalue weighted by Crippen LogP contribution is 2.40. The van der Waals surface area contributed by atoms with Gasteiger partial charge in [-0.2, -0.15) is 0 Å². The zero-order valence-corrected chi connectivity index (χ0v) is 16.7. The van der Waals surface area contributed by atoms with Gasteiger partial charge < -0.3 is 4.74 Å². The van der Waals surface area contributed by atoms with Gasteiger partial charge in [-0.1, -0.05) is 55.4 Å². The molecule has 0 atom stereocenters. The molecule has 0 spiro atoms. The van der Waals surface area contributed by atoms with Crippen LogP contribution < -0.4 is 0 Å². The number of thioether (sulfide) groups is 1. The molecule has 0 N–H and O–H groups in total. The van der Waals surface area contributed by atoms with Crippen LogP contribution in [0.25, 0.3) is 0 Å². The van der Waals surface area contributed by atoms with Crippen molar-refractivity contribution in [3.8, 4) is 0 Å². The van der Waals surface area contributed by atoms with Gasteiger partial charge >= 0.3 is 0 Å². The second-order valence-electron chi connectivity index (χ2n) is 8.66. The summed E-state index contributed by atoms with van der Waals surface area (Å²) in [6.07, 6.45) is 2.10. The molecule has 0 unspecified atom stereocenters. The Morgan fingerprint density at radius 3 is 1.76 bits per heavy atom. The van der Waals surface area contributed by atoms with Crippen LogP contribution in [0.3, 0.4) is 0 Å². The predicted molar refractivity (Wildman–Crippen MR) is 95.2 cm³/mol. The molecule has 3 heteroatoms. The molecule has 0 saturated carbocycles. The molecule has 0 heterocycles. The van der Waals surface area contributed by atoms with Crippen LogP contribution in [-0.4, -0.2) is 27.5 Å². The monoisotopic (exact) mass is 316 g/mol. The number of hydrogen-bond donors (Lipinski definition) is 0. The minimum atomic E-state index is -0.709. The van der Waals surface area contributed by atoms with Gasteiger partial charge in [-0.15, -0.1) is 11.8 Å². The maximum absolute atomic E-state index is 12.4. The lowest BCUT2D eigenvalue weighted by Gasteiger charge is -2.36. The summed E-state index contributed by atoms with van der Waals surface area (Å²) in [5, 5.41) is 0. The summed E-state index contributed by atoms with van der Waals surface area (Å²) in [4.78, 5) is 12.4. The minimum absolute atomic E-state index is 0.153. The van der Waals surface area contributed by atoms with Crippen LogP contribution in [0.4, 0.5) is 0 Å². The number of rotatable bonds is 8. The molecular weight excluding hydrogens is 280 g/mol. The van der Waals surface area contributed by atoms with E-state index in [0.29, 0.717) is 6.61 Å². The molecule has 0 aromatic rings. The van der Waals surface area contributed by atoms with Crippen molar-refractivity contribution in [2.45, 2.75) is 97.2 Å². The van der Waals surface area contributed by atoms with E-state index in [9.17, 15) is 4.79 Å². The Hall–Kier alpha value is -0.0200. The van der Waals surface area contributed by atoms with Crippen LogP contribution >= 0.6 is 11.8 Å². The molecule has 0 aliphatic carbocycles. The highest BCUT2D eigenvalue weighted by Gasteiger charge is 2.37. The third-order valence-electron chi connectivity index (χ3n) is 3.80. The maximum Gasteiger partial charge on any atom is 0.169 e. The molecule has 0 aromatic heterocycles. The Kier molecular flexibility index (Phi) is 7.03. The Morgan fingerprint density at radius 2 is 1.38 bits per heavy atom. The smallest absolute Gasteiger partial charge is 0.169 e. The maximum atomic E-state index is 12.4. The molecule has 0 aliphatic rings. The Balaban J connectivity index is 4.51. The van der Waals surface area contributed by atoms with Crippen molar-refractivity contribution >= 4 is 17.5 Å². The van der Waals surface area contributed by atoms with E-state index in [-0.39, 0.29) is 20.7 Å². The van der Waals surface area contributed by atoms with Crippen LogP contribution in [-0.2, 0) is 9.53 Å². The number of ketones is 1. The average molecular weight is 317 g/mol. The van der Waals surface area contributed by atoms with E-state index in [4.69, 9.17) is 4.74 Å². The summed E-state index contributed by atoms with van der Waals surface area (Å²) < 4.78 is 6.37. The van der Waals surface area contributed by atoms with Crippen LogP contribution in [0.1, 0.15) is 82.1 Å². The molecule has 0 rings (SSSR count). The zero-order valence-electron chi connectivity index (χ0n) is 15.8. The van der Waals surface area contributed by atoms with Gasteiger partial charge in [-0.3, -0.25) is 4.79 Å². The lowest BCUT2D eigenvalue weighted by Crippen LogP contribution is -2.43. The first-order valence-electron chi connectivity index (χ1n) is 8.02. The number of carbonyl (C=O) groups is 1. The van der Waals surface area contributed by atoms with Crippen molar-refractivity contribution in [3.63, 3.8) is 0 Å². The fraction of sp³-hybridized carbons (Fsp3) is 0.944. The van der Waals surface area contributed by atoms with Crippen molar-refractivity contribution < 1.29 is 9.53 Å². The Bertz CT molecular complexity index is 349. The van der Waals surface area contributed by atoms with Gasteiger partial charge in [0.25, 0.3) is 0 Å². The summed E-state index contributed by atoms with van der Waals surface area (Å²) in [5.74, 6) is 0.161. The number of ether oxygens (including phenoxy) is 1. The van der Waals surface area contributed by atoms with Crippen molar-refractivity contribution in [1.29, 1.82) is 0 Å². The molecule has 0 aliphatic heterocycles. The molecular formula is C18H36O2S. The molecule has 126 valence electrons. The van der Waals surface area contributed by atoms with Crippen LogP contribution in [0, 0.1) is 5.41 Å². The molecule has 0 aromatic carbocycles. The second kappa shape index (κ2) is 7.04. The van der Waals surface area contributed by atoms with Gasteiger partial charge in [0.05, 0.1) is 0 Å². The normalized spacial score (nSPS) is 14.4. The predicted octanol–water partition coefficient (Wildman–Crippen LogP) is 5.49. The molecule has 21 heavy (non-hydrogen) atoms. The highest BCUT2D eigenvalue weighted by molar-refractivity contribution is 8.01. The van der Waals surface area contributed by atoms with Gasteiger partial charge in [-0.05, 0) is 26.7 Å². The number of Topliss-reactive ketones (excluding diaryl/α,β-unsaturated/α-hetero) is 1. The summed E-state index contributed by atoms with van der Waals surface area (Å²) >= 11 is 2.00. The van der Waals surface area contributed by atoms with Crippen molar-refractivity contribution in [3.05, 3.63) is 0 Å². The van der Waals surface area contributed by atoms with Gasteiger partial charge in [-0.25, -0.2) is 0 Å². The van der Waals surface area contributed by atoms with E-state index >= 15 is 0 Å². The van der Waals surface area contributed by atoms with Crippen molar-refractivity contribution in [2.75, 3.05) is 6.61 Å². The molecule has 0 amide bonds. The van der Waals surface area contributed by atoms with Crippen LogP contribution in [0.5, 0.6) is 0 Å². The Morgan fingerprint density at radius 1 is 0.905 bits per heavy atom. The topological polar surface area (TPSA) is 26.3 Å². The standard InChI is InChI=1S/C18H36O2S/c1-11-16(5,6)21-17(7,8)12-13-20-18(9,10)14(19)15(2,3)4/h11-13H2,1-10H3.